The predicted molar refractivity (Wildman–Crippen MR) is 95.1 cm³/mol. The number of carbonyl (C=O) groups is 3. The molecule has 0 bridgehead atoms. The van der Waals surface area contributed by atoms with Crippen LogP contribution in [0.4, 0.5) is 0 Å². The van der Waals surface area contributed by atoms with Crippen LogP contribution >= 0.6 is 0 Å². The largest absolute Gasteiger partial charge is 0.464 e. The van der Waals surface area contributed by atoms with E-state index in [-0.39, 0.29) is 25.6 Å². The number of hydrogen-bond donors (Lipinski definition) is 1. The van der Waals surface area contributed by atoms with E-state index in [2.05, 4.69) is 5.32 Å². The highest BCUT2D eigenvalue weighted by atomic mass is 16.6. The highest BCUT2D eigenvalue weighted by Gasteiger charge is 2.31. The van der Waals surface area contributed by atoms with Gasteiger partial charge in [0.1, 0.15) is 12.2 Å². The molecule has 1 N–H and O–H groups in total. The number of nitrogens with one attached hydrogen (secondary N) is 1. The van der Waals surface area contributed by atoms with Crippen molar-refractivity contribution < 1.29 is 28.6 Å². The quantitative estimate of drug-likeness (QED) is 0.310. The summed E-state index contributed by atoms with van der Waals surface area (Å²) in [5.41, 5.74) is 0.205. The van der Waals surface area contributed by atoms with E-state index in [0.29, 0.717) is 6.42 Å². The Morgan fingerprint density at radius 2 is 1.69 bits per heavy atom. The molecule has 0 aliphatic carbocycles. The Morgan fingerprint density at radius 1 is 1.04 bits per heavy atom. The zero-order valence-electron chi connectivity index (χ0n) is 15.7. The van der Waals surface area contributed by atoms with Gasteiger partial charge in [0.2, 0.25) is 6.04 Å². The van der Waals surface area contributed by atoms with Crippen molar-refractivity contribution in [1.82, 2.24) is 5.32 Å². The average Bonchev–Trinajstić information content (AvgIpc) is 2.57. The summed E-state index contributed by atoms with van der Waals surface area (Å²) in [5, 5.41) is 2.57. The summed E-state index contributed by atoms with van der Waals surface area (Å²) in [6.45, 7) is 5.36. The first-order chi connectivity index (χ1) is 12.2. The standard InChI is InChI=1S/C19H27NO6/c1-19(2,3)26-18(23)16(20-4)17(22)24-12-8-11-15(21)25-13-14-9-6-5-7-10-14/h5-7,9-10,16,20H,8,11-13H2,1-4H3. The predicted octanol–water partition coefficient (Wildman–Crippen LogP) is 1.98. The van der Waals surface area contributed by atoms with Crippen molar-refractivity contribution in [3.05, 3.63) is 35.9 Å². The lowest BCUT2D eigenvalue weighted by molar-refractivity contribution is -0.165. The lowest BCUT2D eigenvalue weighted by Gasteiger charge is -2.22. The molecule has 1 rings (SSSR count). The van der Waals surface area contributed by atoms with Crippen molar-refractivity contribution in [2.24, 2.45) is 0 Å². The van der Waals surface area contributed by atoms with E-state index in [4.69, 9.17) is 14.2 Å². The second-order valence-corrected chi connectivity index (χ2v) is 6.67. The zero-order valence-corrected chi connectivity index (χ0v) is 15.7. The minimum absolute atomic E-state index is 0.0141. The maximum atomic E-state index is 12.0. The third-order valence-corrected chi connectivity index (χ3v) is 3.18. The van der Waals surface area contributed by atoms with Gasteiger partial charge in [0.15, 0.2) is 0 Å². The molecule has 26 heavy (non-hydrogen) atoms. The summed E-state index contributed by atoms with van der Waals surface area (Å²) in [7, 11) is 1.47. The highest BCUT2D eigenvalue weighted by molar-refractivity contribution is 5.99. The average molecular weight is 365 g/mol. The number of carbonyl (C=O) groups excluding carboxylic acids is 3. The van der Waals surface area contributed by atoms with Crippen molar-refractivity contribution in [2.45, 2.75) is 51.9 Å². The number of rotatable bonds is 9. The smallest absolute Gasteiger partial charge is 0.335 e. The first kappa shape index (κ1) is 21.6. The van der Waals surface area contributed by atoms with Gasteiger partial charge in [-0.25, -0.2) is 9.59 Å². The summed E-state index contributed by atoms with van der Waals surface area (Å²) in [6, 6.07) is 8.15. The van der Waals surface area contributed by atoms with Crippen molar-refractivity contribution in [2.75, 3.05) is 13.7 Å². The van der Waals surface area contributed by atoms with Crippen molar-refractivity contribution in [3.63, 3.8) is 0 Å². The number of esters is 3. The molecule has 144 valence electrons. The van der Waals surface area contributed by atoms with E-state index in [1.807, 2.05) is 30.3 Å². The van der Waals surface area contributed by atoms with Crippen molar-refractivity contribution >= 4 is 17.9 Å². The van der Waals surface area contributed by atoms with Crippen LogP contribution in [0.25, 0.3) is 0 Å². The van der Waals surface area contributed by atoms with Gasteiger partial charge in [-0.2, -0.15) is 0 Å². The normalized spacial score (nSPS) is 12.2. The van der Waals surface area contributed by atoms with Gasteiger partial charge in [0.25, 0.3) is 0 Å². The lowest BCUT2D eigenvalue weighted by Crippen LogP contribution is -2.46. The molecule has 0 heterocycles. The number of likely N-dealkylation sites (N-methyl/N-ethyl adjacent to an activating group) is 1. The molecule has 0 saturated heterocycles. The Hall–Kier alpha value is -2.41. The molecule has 1 atom stereocenters. The van der Waals surface area contributed by atoms with Crippen LogP contribution in [0, 0.1) is 0 Å². The topological polar surface area (TPSA) is 90.9 Å². The molecule has 0 saturated carbocycles. The molecule has 0 spiro atoms. The lowest BCUT2D eigenvalue weighted by atomic mass is 10.2. The summed E-state index contributed by atoms with van der Waals surface area (Å²) in [4.78, 5) is 35.6. The van der Waals surface area contributed by atoms with Gasteiger partial charge in [-0.3, -0.25) is 10.1 Å². The van der Waals surface area contributed by atoms with Crippen LogP contribution in [0.5, 0.6) is 0 Å². The Kier molecular flexibility index (Phi) is 8.78. The van der Waals surface area contributed by atoms with Crippen LogP contribution < -0.4 is 5.32 Å². The van der Waals surface area contributed by atoms with Gasteiger partial charge < -0.3 is 14.2 Å². The highest BCUT2D eigenvalue weighted by Crippen LogP contribution is 2.09. The third-order valence-electron chi connectivity index (χ3n) is 3.18. The molecule has 0 aliphatic heterocycles. The Balaban J connectivity index is 2.27. The fourth-order valence-electron chi connectivity index (χ4n) is 1.98. The molecule has 0 radical (unpaired) electrons. The molecule has 7 heteroatoms. The van der Waals surface area contributed by atoms with E-state index in [9.17, 15) is 14.4 Å². The van der Waals surface area contributed by atoms with E-state index < -0.39 is 23.6 Å². The molecule has 0 aromatic heterocycles. The summed E-state index contributed by atoms with van der Waals surface area (Å²) in [5.74, 6) is -1.81. The van der Waals surface area contributed by atoms with Crippen LogP contribution in [0.1, 0.15) is 39.2 Å². The van der Waals surface area contributed by atoms with Gasteiger partial charge >= 0.3 is 17.9 Å². The summed E-state index contributed by atoms with van der Waals surface area (Å²) >= 11 is 0. The fourth-order valence-corrected chi connectivity index (χ4v) is 1.98. The first-order valence-electron chi connectivity index (χ1n) is 8.49. The molecular weight excluding hydrogens is 338 g/mol. The Labute approximate surface area is 154 Å². The molecule has 0 amide bonds. The van der Waals surface area contributed by atoms with E-state index >= 15 is 0 Å². The van der Waals surface area contributed by atoms with Crippen molar-refractivity contribution in [1.29, 1.82) is 0 Å². The van der Waals surface area contributed by atoms with Gasteiger partial charge in [-0.05, 0) is 39.8 Å². The van der Waals surface area contributed by atoms with Gasteiger partial charge in [-0.1, -0.05) is 30.3 Å². The van der Waals surface area contributed by atoms with Crippen LogP contribution in [-0.4, -0.2) is 43.2 Å². The van der Waals surface area contributed by atoms with E-state index in [0.717, 1.165) is 5.56 Å². The van der Waals surface area contributed by atoms with Gasteiger partial charge in [0, 0.05) is 6.42 Å². The summed E-state index contributed by atoms with van der Waals surface area (Å²) in [6.07, 6.45) is 0.431. The van der Waals surface area contributed by atoms with Crippen LogP contribution in [0.2, 0.25) is 0 Å². The monoisotopic (exact) mass is 365 g/mol. The van der Waals surface area contributed by atoms with E-state index in [1.54, 1.807) is 20.8 Å². The first-order valence-corrected chi connectivity index (χ1v) is 8.49. The molecular formula is C19H27NO6. The second-order valence-electron chi connectivity index (χ2n) is 6.67. The van der Waals surface area contributed by atoms with Crippen LogP contribution in [0.15, 0.2) is 30.3 Å². The van der Waals surface area contributed by atoms with Crippen LogP contribution in [0.3, 0.4) is 0 Å². The van der Waals surface area contributed by atoms with E-state index in [1.165, 1.54) is 7.05 Å². The molecule has 1 unspecified atom stereocenters. The fraction of sp³-hybridized carbons (Fsp3) is 0.526. The molecule has 7 nitrogen and oxygen atoms in total. The van der Waals surface area contributed by atoms with Crippen molar-refractivity contribution in [3.8, 4) is 0 Å². The zero-order chi connectivity index (χ0) is 19.6. The number of benzene rings is 1. The molecule has 0 aliphatic rings. The molecule has 1 aromatic carbocycles. The van der Waals surface area contributed by atoms with Crippen LogP contribution in [-0.2, 0) is 35.2 Å². The Bertz CT molecular complexity index is 594. The number of ether oxygens (including phenoxy) is 3. The molecule has 0 fully saturated rings. The third kappa shape index (κ3) is 8.62. The SMILES string of the molecule is CNC(C(=O)OCCCC(=O)OCc1ccccc1)C(=O)OC(C)(C)C. The Morgan fingerprint density at radius 3 is 2.27 bits per heavy atom. The second kappa shape index (κ2) is 10.6. The minimum Gasteiger partial charge on any atom is -0.464 e. The maximum absolute atomic E-state index is 12.0. The number of hydrogen-bond acceptors (Lipinski definition) is 7. The van der Waals surface area contributed by atoms with Gasteiger partial charge in [0.05, 0.1) is 6.61 Å². The summed E-state index contributed by atoms with van der Waals surface area (Å²) < 4.78 is 15.3. The maximum Gasteiger partial charge on any atom is 0.335 e. The molecule has 1 aromatic rings. The van der Waals surface area contributed by atoms with Gasteiger partial charge in [-0.15, -0.1) is 0 Å². The minimum atomic E-state index is -1.20.